The molecule has 112 valence electrons. The largest absolute Gasteiger partial charge is 0.368 e. The van der Waals surface area contributed by atoms with E-state index in [0.29, 0.717) is 17.8 Å². The van der Waals surface area contributed by atoms with Crippen LogP contribution < -0.4 is 5.32 Å². The van der Waals surface area contributed by atoms with Crippen molar-refractivity contribution in [1.29, 1.82) is 0 Å². The number of nitrogens with zero attached hydrogens (tertiary/aromatic N) is 3. The second-order valence-corrected chi connectivity index (χ2v) is 5.88. The molecule has 1 aromatic heterocycles. The molecule has 5 heteroatoms. The first-order chi connectivity index (χ1) is 9.56. The number of likely N-dealkylation sites (N-methyl/N-ethyl adjacent to an activating group) is 1. The summed E-state index contributed by atoms with van der Waals surface area (Å²) in [7, 11) is 2.16. The Morgan fingerprint density at radius 1 is 1.25 bits per heavy atom. The van der Waals surface area contributed by atoms with Crippen molar-refractivity contribution < 1.29 is 4.39 Å². The van der Waals surface area contributed by atoms with E-state index in [1.165, 1.54) is 6.07 Å². The van der Waals surface area contributed by atoms with E-state index in [4.69, 9.17) is 0 Å². The summed E-state index contributed by atoms with van der Waals surface area (Å²) in [4.78, 5) is 8.74. The lowest BCUT2D eigenvalue weighted by Crippen LogP contribution is -2.52. The maximum absolute atomic E-state index is 13.1. The molecule has 0 aliphatic carbocycles. The zero-order valence-corrected chi connectivity index (χ0v) is 12.6. The molecule has 1 unspecified atom stereocenters. The third-order valence-electron chi connectivity index (χ3n) is 3.98. The highest BCUT2D eigenvalue weighted by Crippen LogP contribution is 2.14. The molecule has 1 aliphatic rings. The predicted molar refractivity (Wildman–Crippen MR) is 80.4 cm³/mol. The lowest BCUT2D eigenvalue weighted by Gasteiger charge is -2.40. The minimum atomic E-state index is -0.435. The number of nitrogens with one attached hydrogen (secondary N) is 1. The summed E-state index contributed by atoms with van der Waals surface area (Å²) < 4.78 is 13.1. The van der Waals surface area contributed by atoms with Gasteiger partial charge in [-0.2, -0.15) is 4.39 Å². The van der Waals surface area contributed by atoms with Crippen molar-refractivity contribution in [2.45, 2.75) is 19.9 Å². The molecule has 1 aromatic rings. The minimum Gasteiger partial charge on any atom is -0.368 e. The van der Waals surface area contributed by atoms with Crippen molar-refractivity contribution in [3.05, 3.63) is 24.1 Å². The van der Waals surface area contributed by atoms with Crippen LogP contribution in [0.1, 0.15) is 13.8 Å². The van der Waals surface area contributed by atoms with Gasteiger partial charge in [0.2, 0.25) is 5.95 Å². The first-order valence-corrected chi connectivity index (χ1v) is 7.35. The fourth-order valence-corrected chi connectivity index (χ4v) is 2.66. The summed E-state index contributed by atoms with van der Waals surface area (Å²) in [6.07, 6.45) is 0. The van der Waals surface area contributed by atoms with Crippen molar-refractivity contribution in [1.82, 2.24) is 14.8 Å². The highest BCUT2D eigenvalue weighted by atomic mass is 19.1. The molecule has 2 heterocycles. The molecule has 2 rings (SSSR count). The molecule has 0 bridgehead atoms. The topological polar surface area (TPSA) is 31.4 Å². The molecule has 0 aromatic carbocycles. The molecule has 0 spiro atoms. The van der Waals surface area contributed by atoms with Crippen molar-refractivity contribution in [2.24, 2.45) is 5.92 Å². The van der Waals surface area contributed by atoms with E-state index in [1.54, 1.807) is 6.07 Å². The molecule has 1 saturated heterocycles. The lowest BCUT2D eigenvalue weighted by molar-refractivity contribution is 0.0944. The summed E-state index contributed by atoms with van der Waals surface area (Å²) in [5, 5.41) is 3.27. The molecule has 0 radical (unpaired) electrons. The Morgan fingerprint density at radius 2 is 1.95 bits per heavy atom. The Kier molecular flexibility index (Phi) is 5.31. The maximum atomic E-state index is 13.1. The quantitative estimate of drug-likeness (QED) is 0.835. The number of rotatable bonds is 5. The van der Waals surface area contributed by atoms with Gasteiger partial charge in [0.15, 0.2) is 0 Å². The lowest BCUT2D eigenvalue weighted by atomic mass is 10.0. The van der Waals surface area contributed by atoms with E-state index < -0.39 is 5.95 Å². The Hall–Kier alpha value is -1.20. The van der Waals surface area contributed by atoms with Crippen molar-refractivity contribution in [2.75, 3.05) is 45.1 Å². The molecular weight excluding hydrogens is 255 g/mol. The van der Waals surface area contributed by atoms with Gasteiger partial charge in [-0.25, -0.2) is 4.98 Å². The third kappa shape index (κ3) is 4.15. The Balaban J connectivity index is 1.92. The highest BCUT2D eigenvalue weighted by molar-refractivity contribution is 5.33. The van der Waals surface area contributed by atoms with Gasteiger partial charge < -0.3 is 10.2 Å². The Bertz CT molecular complexity index is 416. The summed E-state index contributed by atoms with van der Waals surface area (Å²) >= 11 is 0. The monoisotopic (exact) mass is 280 g/mol. The number of aromatic nitrogens is 1. The van der Waals surface area contributed by atoms with Gasteiger partial charge in [-0.15, -0.1) is 0 Å². The first kappa shape index (κ1) is 15.2. The van der Waals surface area contributed by atoms with Crippen LogP contribution in [0.2, 0.25) is 0 Å². The van der Waals surface area contributed by atoms with Gasteiger partial charge in [0.1, 0.15) is 5.82 Å². The molecule has 1 fully saturated rings. The van der Waals surface area contributed by atoms with Crippen molar-refractivity contribution in [3.8, 4) is 0 Å². The molecule has 1 N–H and O–H groups in total. The van der Waals surface area contributed by atoms with Crippen LogP contribution in [0.15, 0.2) is 18.2 Å². The Labute approximate surface area is 121 Å². The van der Waals surface area contributed by atoms with Gasteiger partial charge in [0.05, 0.1) is 0 Å². The second kappa shape index (κ2) is 6.99. The average Bonchev–Trinajstić information content (AvgIpc) is 2.41. The SMILES string of the molecule is CC(C)C(CNc1cccc(F)n1)N1CCN(C)CC1. The fourth-order valence-electron chi connectivity index (χ4n) is 2.66. The van der Waals surface area contributed by atoms with Crippen molar-refractivity contribution in [3.63, 3.8) is 0 Å². The number of anilines is 1. The molecule has 0 amide bonds. The maximum Gasteiger partial charge on any atom is 0.214 e. The van der Waals surface area contributed by atoms with E-state index in [9.17, 15) is 4.39 Å². The van der Waals surface area contributed by atoms with Crippen LogP contribution in [0.25, 0.3) is 0 Å². The predicted octanol–water partition coefficient (Wildman–Crippen LogP) is 1.90. The number of piperazine rings is 1. The summed E-state index contributed by atoms with van der Waals surface area (Å²) in [6, 6.07) is 5.31. The molecule has 4 nitrogen and oxygen atoms in total. The van der Waals surface area contributed by atoms with E-state index in [-0.39, 0.29) is 0 Å². The fraction of sp³-hybridized carbons (Fsp3) is 0.667. The van der Waals surface area contributed by atoms with Gasteiger partial charge in [-0.05, 0) is 25.1 Å². The van der Waals surface area contributed by atoms with Crippen LogP contribution in [0.4, 0.5) is 10.2 Å². The van der Waals surface area contributed by atoms with E-state index in [1.807, 2.05) is 6.07 Å². The van der Waals surface area contributed by atoms with Crippen LogP contribution >= 0.6 is 0 Å². The van der Waals surface area contributed by atoms with Gasteiger partial charge in [-0.1, -0.05) is 19.9 Å². The van der Waals surface area contributed by atoms with Gasteiger partial charge >= 0.3 is 0 Å². The van der Waals surface area contributed by atoms with Crippen LogP contribution in [0.3, 0.4) is 0 Å². The van der Waals surface area contributed by atoms with Crippen LogP contribution in [-0.4, -0.2) is 60.6 Å². The van der Waals surface area contributed by atoms with Gasteiger partial charge in [0.25, 0.3) is 0 Å². The highest BCUT2D eigenvalue weighted by Gasteiger charge is 2.24. The number of halogens is 1. The third-order valence-corrected chi connectivity index (χ3v) is 3.98. The van der Waals surface area contributed by atoms with E-state index >= 15 is 0 Å². The minimum absolute atomic E-state index is 0.435. The Morgan fingerprint density at radius 3 is 2.55 bits per heavy atom. The number of hydrogen-bond acceptors (Lipinski definition) is 4. The zero-order valence-electron chi connectivity index (χ0n) is 12.6. The average molecular weight is 280 g/mol. The van der Waals surface area contributed by atoms with Crippen LogP contribution in [-0.2, 0) is 0 Å². The van der Waals surface area contributed by atoms with E-state index in [2.05, 4.69) is 41.0 Å². The summed E-state index contributed by atoms with van der Waals surface area (Å²) in [6.45, 7) is 9.70. The number of hydrogen-bond donors (Lipinski definition) is 1. The zero-order chi connectivity index (χ0) is 14.5. The normalized spacial score (nSPS) is 19.2. The molecule has 20 heavy (non-hydrogen) atoms. The van der Waals surface area contributed by atoms with Gasteiger partial charge in [0, 0.05) is 38.8 Å². The smallest absolute Gasteiger partial charge is 0.214 e. The molecule has 0 saturated carbocycles. The summed E-state index contributed by atoms with van der Waals surface area (Å²) in [5.74, 6) is 0.736. The summed E-state index contributed by atoms with van der Waals surface area (Å²) in [5.41, 5.74) is 0. The molecule has 1 aliphatic heterocycles. The number of pyridine rings is 1. The van der Waals surface area contributed by atoms with Crippen LogP contribution in [0.5, 0.6) is 0 Å². The van der Waals surface area contributed by atoms with E-state index in [0.717, 1.165) is 32.7 Å². The first-order valence-electron chi connectivity index (χ1n) is 7.35. The van der Waals surface area contributed by atoms with Crippen LogP contribution in [0, 0.1) is 11.9 Å². The van der Waals surface area contributed by atoms with Crippen molar-refractivity contribution >= 4 is 5.82 Å². The van der Waals surface area contributed by atoms with Gasteiger partial charge in [-0.3, -0.25) is 4.90 Å². The molecular formula is C15H25FN4. The standard InChI is InChI=1S/C15H25FN4/c1-12(2)13(20-9-7-19(3)8-10-20)11-17-15-6-4-5-14(16)18-15/h4-6,12-13H,7-11H2,1-3H3,(H,17,18). The molecule has 1 atom stereocenters. The second-order valence-electron chi connectivity index (χ2n) is 5.88.